The average Bonchev–Trinajstić information content (AvgIpc) is 3.21. The molecule has 2 amide bonds. The lowest BCUT2D eigenvalue weighted by Crippen LogP contribution is -2.45. The van der Waals surface area contributed by atoms with Crippen LogP contribution < -0.4 is 5.32 Å². The molecule has 0 radical (unpaired) electrons. The SMILES string of the molecule is CC(C)(C1CCN(C(=O)Nc2cccc(F)c2)CC1)[C@@H](O)c1cc(Cl)cc2cn[nH]c12. The first-order valence-electron chi connectivity index (χ1n) is 10.4. The number of hydrogen-bond acceptors (Lipinski definition) is 3. The fourth-order valence-corrected chi connectivity index (χ4v) is 4.72. The maximum absolute atomic E-state index is 13.4. The van der Waals surface area contributed by atoms with E-state index in [1.807, 2.05) is 19.9 Å². The van der Waals surface area contributed by atoms with Crippen LogP contribution in [0.4, 0.5) is 14.9 Å². The Balaban J connectivity index is 1.43. The number of anilines is 1. The predicted molar refractivity (Wildman–Crippen MR) is 120 cm³/mol. The summed E-state index contributed by atoms with van der Waals surface area (Å²) in [4.78, 5) is 14.3. The molecule has 1 aliphatic rings. The van der Waals surface area contributed by atoms with Gasteiger partial charge in [-0.2, -0.15) is 5.10 Å². The van der Waals surface area contributed by atoms with E-state index in [4.69, 9.17) is 11.6 Å². The van der Waals surface area contributed by atoms with Gasteiger partial charge in [-0.15, -0.1) is 0 Å². The Bertz CT molecular complexity index is 1090. The average molecular weight is 445 g/mol. The minimum absolute atomic E-state index is 0.206. The van der Waals surface area contributed by atoms with Gasteiger partial charge >= 0.3 is 6.03 Å². The number of piperidine rings is 1. The van der Waals surface area contributed by atoms with Gasteiger partial charge in [0.2, 0.25) is 0 Å². The van der Waals surface area contributed by atoms with Crippen LogP contribution in [0.5, 0.6) is 0 Å². The number of hydrogen-bond donors (Lipinski definition) is 3. The molecule has 6 nitrogen and oxygen atoms in total. The van der Waals surface area contributed by atoms with Gasteiger partial charge in [-0.3, -0.25) is 5.10 Å². The monoisotopic (exact) mass is 444 g/mol. The first-order chi connectivity index (χ1) is 14.8. The van der Waals surface area contributed by atoms with Gasteiger partial charge < -0.3 is 15.3 Å². The second-order valence-corrected chi connectivity index (χ2v) is 9.19. The number of H-pyrrole nitrogens is 1. The number of aliphatic hydroxyl groups is 1. The Morgan fingerprint density at radius 1 is 1.32 bits per heavy atom. The van der Waals surface area contributed by atoms with Crippen LogP contribution in [0.25, 0.3) is 10.9 Å². The quantitative estimate of drug-likeness (QED) is 0.506. The van der Waals surface area contributed by atoms with Crippen molar-refractivity contribution in [3.05, 3.63) is 59.0 Å². The molecule has 164 valence electrons. The Labute approximate surface area is 185 Å². The lowest BCUT2D eigenvalue weighted by Gasteiger charge is -2.43. The van der Waals surface area contributed by atoms with Gasteiger partial charge in [-0.25, -0.2) is 9.18 Å². The number of carbonyl (C=O) groups is 1. The van der Waals surface area contributed by atoms with Crippen LogP contribution >= 0.6 is 11.6 Å². The molecule has 0 aliphatic carbocycles. The number of urea groups is 1. The van der Waals surface area contributed by atoms with E-state index < -0.39 is 11.5 Å². The number of fused-ring (bicyclic) bond motifs is 1. The van der Waals surface area contributed by atoms with Crippen LogP contribution in [-0.4, -0.2) is 39.3 Å². The lowest BCUT2D eigenvalue weighted by molar-refractivity contribution is -0.0138. The molecule has 31 heavy (non-hydrogen) atoms. The van der Waals surface area contributed by atoms with E-state index in [2.05, 4.69) is 15.5 Å². The molecule has 0 unspecified atom stereocenters. The van der Waals surface area contributed by atoms with E-state index in [-0.39, 0.29) is 17.8 Å². The molecular formula is C23H26ClFN4O2. The molecule has 1 saturated heterocycles. The Hall–Kier alpha value is -2.64. The number of nitrogens with one attached hydrogen (secondary N) is 2. The Kier molecular flexibility index (Phi) is 5.90. The summed E-state index contributed by atoms with van der Waals surface area (Å²) in [7, 11) is 0. The standard InChI is InChI=1S/C23H26ClFN4O2/c1-23(2,21(30)19-11-16(24)10-14-13-26-28-20(14)19)15-6-8-29(9-7-15)22(31)27-18-5-3-4-17(25)12-18/h3-5,10-13,15,21,30H,6-9H2,1-2H3,(H,26,28)(H,27,31)/t21-/m0/s1. The number of rotatable bonds is 4. The summed E-state index contributed by atoms with van der Waals surface area (Å²) in [6.07, 6.45) is 2.47. The Morgan fingerprint density at radius 2 is 2.06 bits per heavy atom. The molecule has 0 saturated carbocycles. The highest BCUT2D eigenvalue weighted by molar-refractivity contribution is 6.31. The zero-order valence-corrected chi connectivity index (χ0v) is 18.3. The van der Waals surface area contributed by atoms with Crippen molar-refractivity contribution in [3.8, 4) is 0 Å². The van der Waals surface area contributed by atoms with E-state index in [0.717, 1.165) is 29.3 Å². The number of halogens is 2. The van der Waals surface area contributed by atoms with Crippen molar-refractivity contribution in [2.75, 3.05) is 18.4 Å². The molecule has 1 aromatic heterocycles. The van der Waals surface area contributed by atoms with Crippen LogP contribution in [0.3, 0.4) is 0 Å². The Morgan fingerprint density at radius 3 is 2.77 bits per heavy atom. The number of amides is 2. The summed E-state index contributed by atoms with van der Waals surface area (Å²) in [5.41, 5.74) is 1.52. The molecule has 2 heterocycles. The number of likely N-dealkylation sites (tertiary alicyclic amines) is 1. The highest BCUT2D eigenvalue weighted by Gasteiger charge is 2.40. The van der Waals surface area contributed by atoms with E-state index >= 15 is 0 Å². The predicted octanol–water partition coefficient (Wildman–Crippen LogP) is 5.36. The fraction of sp³-hybridized carbons (Fsp3) is 0.391. The first kappa shape index (κ1) is 21.6. The second-order valence-electron chi connectivity index (χ2n) is 8.75. The minimum Gasteiger partial charge on any atom is -0.388 e. The van der Waals surface area contributed by atoms with Gasteiger partial charge in [0.1, 0.15) is 5.82 Å². The maximum Gasteiger partial charge on any atom is 0.321 e. The summed E-state index contributed by atoms with van der Waals surface area (Å²) in [5.74, 6) is -0.183. The molecule has 0 spiro atoms. The van der Waals surface area contributed by atoms with Crippen molar-refractivity contribution in [3.63, 3.8) is 0 Å². The molecule has 0 bridgehead atoms. The first-order valence-corrected chi connectivity index (χ1v) is 10.8. The topological polar surface area (TPSA) is 81.2 Å². The van der Waals surface area contributed by atoms with Crippen molar-refractivity contribution in [2.45, 2.75) is 32.8 Å². The molecule has 3 N–H and O–H groups in total. The van der Waals surface area contributed by atoms with Crippen molar-refractivity contribution in [2.24, 2.45) is 11.3 Å². The summed E-state index contributed by atoms with van der Waals surface area (Å²) >= 11 is 6.26. The summed E-state index contributed by atoms with van der Waals surface area (Å²) in [6.45, 7) is 5.23. The van der Waals surface area contributed by atoms with Crippen LogP contribution in [-0.2, 0) is 0 Å². The normalized spacial score (nSPS) is 16.5. The minimum atomic E-state index is -0.744. The maximum atomic E-state index is 13.4. The number of aromatic nitrogens is 2. The molecule has 4 rings (SSSR count). The van der Waals surface area contributed by atoms with Crippen LogP contribution in [0.15, 0.2) is 42.6 Å². The van der Waals surface area contributed by atoms with Gasteiger partial charge in [0.25, 0.3) is 0 Å². The zero-order chi connectivity index (χ0) is 22.2. The molecular weight excluding hydrogens is 419 g/mol. The van der Waals surface area contributed by atoms with Crippen LogP contribution in [0.2, 0.25) is 5.02 Å². The lowest BCUT2D eigenvalue weighted by atomic mass is 9.68. The van der Waals surface area contributed by atoms with Crippen LogP contribution in [0.1, 0.15) is 38.4 Å². The van der Waals surface area contributed by atoms with Gasteiger partial charge in [-0.1, -0.05) is 31.5 Å². The zero-order valence-electron chi connectivity index (χ0n) is 17.5. The van der Waals surface area contributed by atoms with Crippen molar-refractivity contribution in [1.29, 1.82) is 0 Å². The van der Waals surface area contributed by atoms with Gasteiger partial charge in [0.05, 0.1) is 17.8 Å². The number of aliphatic hydroxyl groups excluding tert-OH is 1. The third-order valence-electron chi connectivity index (χ3n) is 6.45. The second kappa shape index (κ2) is 8.48. The number of carbonyl (C=O) groups excluding carboxylic acids is 1. The summed E-state index contributed by atoms with van der Waals surface area (Å²) < 4.78 is 13.4. The van der Waals surface area contributed by atoms with Gasteiger partial charge in [-0.05, 0) is 54.5 Å². The molecule has 8 heteroatoms. The van der Waals surface area contributed by atoms with E-state index in [1.54, 1.807) is 29.3 Å². The van der Waals surface area contributed by atoms with E-state index in [9.17, 15) is 14.3 Å². The van der Waals surface area contributed by atoms with Crippen LogP contribution in [0, 0.1) is 17.2 Å². The number of aromatic amines is 1. The van der Waals surface area contributed by atoms with Gasteiger partial charge in [0.15, 0.2) is 0 Å². The molecule has 1 atom stereocenters. The summed E-state index contributed by atoms with van der Waals surface area (Å²) in [6, 6.07) is 9.23. The molecule has 1 aliphatic heterocycles. The molecule has 1 fully saturated rings. The van der Waals surface area contributed by atoms with Crippen molar-refractivity contribution < 1.29 is 14.3 Å². The number of nitrogens with zero attached hydrogens (tertiary/aromatic N) is 2. The van der Waals surface area contributed by atoms with Crippen molar-refractivity contribution >= 4 is 34.2 Å². The highest BCUT2D eigenvalue weighted by Crippen LogP contribution is 2.46. The van der Waals surface area contributed by atoms with Crippen molar-refractivity contribution in [1.82, 2.24) is 15.1 Å². The highest BCUT2D eigenvalue weighted by atomic mass is 35.5. The molecule has 2 aromatic carbocycles. The van der Waals surface area contributed by atoms with E-state index in [1.165, 1.54) is 12.1 Å². The third kappa shape index (κ3) is 4.38. The molecule has 3 aromatic rings. The smallest absolute Gasteiger partial charge is 0.321 e. The largest absolute Gasteiger partial charge is 0.388 e. The fourth-order valence-electron chi connectivity index (χ4n) is 4.48. The van der Waals surface area contributed by atoms with Gasteiger partial charge in [0, 0.05) is 34.7 Å². The van der Waals surface area contributed by atoms with E-state index in [0.29, 0.717) is 23.8 Å². The number of benzene rings is 2. The summed E-state index contributed by atoms with van der Waals surface area (Å²) in [5, 5.41) is 22.5. The third-order valence-corrected chi connectivity index (χ3v) is 6.67.